The van der Waals surface area contributed by atoms with Crippen LogP contribution in [0.25, 0.3) is 0 Å². The number of halogens is 2. The summed E-state index contributed by atoms with van der Waals surface area (Å²) in [4.78, 5) is 28.4. The van der Waals surface area contributed by atoms with Crippen molar-refractivity contribution in [2.45, 2.75) is 39.3 Å². The Bertz CT molecular complexity index is 659. The summed E-state index contributed by atoms with van der Waals surface area (Å²) in [5, 5.41) is 2.99. The summed E-state index contributed by atoms with van der Waals surface area (Å²) in [6.45, 7) is 5.19. The lowest BCUT2D eigenvalue weighted by molar-refractivity contribution is -0.124. The van der Waals surface area contributed by atoms with Crippen LogP contribution in [0.1, 0.15) is 37.6 Å². The molecule has 0 aliphatic carbocycles. The van der Waals surface area contributed by atoms with E-state index in [0.29, 0.717) is 26.2 Å². The van der Waals surface area contributed by atoms with Gasteiger partial charge in [0.2, 0.25) is 5.91 Å². The van der Waals surface area contributed by atoms with Crippen molar-refractivity contribution >= 4 is 11.8 Å². The van der Waals surface area contributed by atoms with Crippen LogP contribution < -0.4 is 10.1 Å². The van der Waals surface area contributed by atoms with Crippen molar-refractivity contribution in [2.75, 3.05) is 32.7 Å². The molecule has 2 amide bonds. The molecule has 0 radical (unpaired) electrons. The van der Waals surface area contributed by atoms with E-state index in [9.17, 15) is 18.4 Å². The van der Waals surface area contributed by atoms with Gasteiger partial charge in [-0.05, 0) is 32.4 Å². The quantitative estimate of drug-likeness (QED) is 0.785. The highest BCUT2D eigenvalue weighted by atomic mass is 19.3. The summed E-state index contributed by atoms with van der Waals surface area (Å²) in [6.07, 6.45) is 0.834. The molecule has 150 valence electrons. The zero-order valence-corrected chi connectivity index (χ0v) is 16.0. The van der Waals surface area contributed by atoms with Crippen LogP contribution in [0, 0.1) is 0 Å². The summed E-state index contributed by atoms with van der Waals surface area (Å²) in [7, 11) is 0. The molecular weight excluding hydrogens is 356 g/mol. The molecule has 1 saturated heterocycles. The first-order chi connectivity index (χ1) is 12.7. The zero-order valence-electron chi connectivity index (χ0n) is 16.0. The first-order valence-corrected chi connectivity index (χ1v) is 9.08. The highest BCUT2D eigenvalue weighted by Gasteiger charge is 2.26. The lowest BCUT2D eigenvalue weighted by Crippen LogP contribution is -2.53. The molecule has 8 heteroatoms. The van der Waals surface area contributed by atoms with Gasteiger partial charge in [-0.2, -0.15) is 8.78 Å². The third-order valence-electron chi connectivity index (χ3n) is 4.72. The molecule has 0 saturated carbocycles. The lowest BCUT2D eigenvalue weighted by Gasteiger charge is -2.35. The second-order valence-electron chi connectivity index (χ2n) is 7.23. The SMILES string of the molecule is CCC(C)(C)NC(=O)CN1CCN(C(=O)c2ccccc2OC(F)F)CC1. The van der Waals surface area contributed by atoms with E-state index >= 15 is 0 Å². The lowest BCUT2D eigenvalue weighted by atomic mass is 10.0. The number of amides is 2. The second kappa shape index (κ2) is 9.12. The van der Waals surface area contributed by atoms with Crippen LogP contribution in [-0.4, -0.2) is 66.5 Å². The van der Waals surface area contributed by atoms with Gasteiger partial charge in [0.25, 0.3) is 5.91 Å². The Morgan fingerprint density at radius 2 is 1.81 bits per heavy atom. The maximum atomic E-state index is 12.7. The number of nitrogens with zero attached hydrogens (tertiary/aromatic N) is 2. The monoisotopic (exact) mass is 383 g/mol. The third-order valence-corrected chi connectivity index (χ3v) is 4.72. The van der Waals surface area contributed by atoms with E-state index in [-0.39, 0.29) is 35.2 Å². The van der Waals surface area contributed by atoms with Gasteiger partial charge < -0.3 is 15.0 Å². The minimum absolute atomic E-state index is 0.0442. The molecule has 1 aliphatic rings. The Balaban J connectivity index is 1.90. The van der Waals surface area contributed by atoms with Gasteiger partial charge >= 0.3 is 6.61 Å². The van der Waals surface area contributed by atoms with Crippen LogP contribution in [0.3, 0.4) is 0 Å². The maximum Gasteiger partial charge on any atom is 0.387 e. The normalized spacial score (nSPS) is 15.7. The summed E-state index contributed by atoms with van der Waals surface area (Å²) < 4.78 is 29.5. The van der Waals surface area contributed by atoms with Crippen molar-refractivity contribution in [1.82, 2.24) is 15.1 Å². The molecule has 1 aromatic carbocycles. The van der Waals surface area contributed by atoms with Gasteiger partial charge in [0, 0.05) is 31.7 Å². The fourth-order valence-electron chi connectivity index (χ4n) is 2.83. The van der Waals surface area contributed by atoms with Crippen LogP contribution in [0.5, 0.6) is 5.75 Å². The van der Waals surface area contributed by atoms with Crippen LogP contribution >= 0.6 is 0 Å². The average molecular weight is 383 g/mol. The van der Waals surface area contributed by atoms with E-state index in [0.717, 1.165) is 6.42 Å². The zero-order chi connectivity index (χ0) is 20.0. The summed E-state index contributed by atoms with van der Waals surface area (Å²) in [5.74, 6) is -0.513. The van der Waals surface area contributed by atoms with Crippen LogP contribution in [0.4, 0.5) is 8.78 Å². The number of para-hydroxylation sites is 1. The van der Waals surface area contributed by atoms with Crippen molar-refractivity contribution in [3.63, 3.8) is 0 Å². The van der Waals surface area contributed by atoms with E-state index in [4.69, 9.17) is 0 Å². The molecular formula is C19H27F2N3O3. The minimum atomic E-state index is -2.98. The van der Waals surface area contributed by atoms with Crippen molar-refractivity contribution in [3.8, 4) is 5.75 Å². The van der Waals surface area contributed by atoms with Crippen molar-refractivity contribution in [3.05, 3.63) is 29.8 Å². The Hall–Kier alpha value is -2.22. The first kappa shape index (κ1) is 21.1. The van der Waals surface area contributed by atoms with Crippen LogP contribution in [0.2, 0.25) is 0 Å². The molecule has 0 bridgehead atoms. The Morgan fingerprint density at radius 3 is 2.41 bits per heavy atom. The van der Waals surface area contributed by atoms with E-state index in [1.165, 1.54) is 12.1 Å². The van der Waals surface area contributed by atoms with Crippen molar-refractivity contribution in [1.29, 1.82) is 0 Å². The van der Waals surface area contributed by atoms with Gasteiger partial charge in [0.05, 0.1) is 12.1 Å². The summed E-state index contributed by atoms with van der Waals surface area (Å²) in [6, 6.07) is 5.99. The van der Waals surface area contributed by atoms with E-state index in [1.54, 1.807) is 17.0 Å². The molecule has 1 aromatic rings. The molecule has 0 atom stereocenters. The predicted octanol–water partition coefficient (Wildman–Crippen LogP) is 2.35. The van der Waals surface area contributed by atoms with Crippen LogP contribution in [0.15, 0.2) is 24.3 Å². The Labute approximate surface area is 158 Å². The van der Waals surface area contributed by atoms with Gasteiger partial charge in [-0.1, -0.05) is 19.1 Å². The molecule has 2 rings (SSSR count). The first-order valence-electron chi connectivity index (χ1n) is 9.08. The van der Waals surface area contributed by atoms with E-state index < -0.39 is 6.61 Å². The minimum Gasteiger partial charge on any atom is -0.434 e. The topological polar surface area (TPSA) is 61.9 Å². The van der Waals surface area contributed by atoms with Crippen LogP contribution in [-0.2, 0) is 4.79 Å². The molecule has 0 aromatic heterocycles. The largest absolute Gasteiger partial charge is 0.434 e. The summed E-state index contributed by atoms with van der Waals surface area (Å²) >= 11 is 0. The molecule has 1 fully saturated rings. The number of carbonyl (C=O) groups excluding carboxylic acids is 2. The second-order valence-corrected chi connectivity index (χ2v) is 7.23. The number of hydrogen-bond donors (Lipinski definition) is 1. The molecule has 0 spiro atoms. The standard InChI is InChI=1S/C19H27F2N3O3/c1-4-19(2,3)22-16(25)13-23-9-11-24(12-10-23)17(26)14-7-5-6-8-15(14)27-18(20)21/h5-8,18H,4,9-13H2,1-3H3,(H,22,25). The number of nitrogens with one attached hydrogen (secondary N) is 1. The molecule has 1 heterocycles. The predicted molar refractivity (Wildman–Crippen MR) is 97.9 cm³/mol. The fraction of sp³-hybridized carbons (Fsp3) is 0.579. The number of ether oxygens (including phenoxy) is 1. The van der Waals surface area contributed by atoms with Crippen molar-refractivity contribution in [2.24, 2.45) is 0 Å². The number of piperazine rings is 1. The van der Waals surface area contributed by atoms with Gasteiger partial charge in [-0.15, -0.1) is 0 Å². The summed E-state index contributed by atoms with van der Waals surface area (Å²) in [5.41, 5.74) is -0.128. The van der Waals surface area contributed by atoms with Crippen molar-refractivity contribution < 1.29 is 23.1 Å². The smallest absolute Gasteiger partial charge is 0.387 e. The molecule has 1 N–H and O–H groups in total. The third kappa shape index (κ3) is 6.16. The highest BCUT2D eigenvalue weighted by Crippen LogP contribution is 2.22. The average Bonchev–Trinajstić information content (AvgIpc) is 2.61. The van der Waals surface area contributed by atoms with Gasteiger partial charge in [0.1, 0.15) is 5.75 Å². The fourth-order valence-corrected chi connectivity index (χ4v) is 2.83. The molecule has 6 nitrogen and oxygen atoms in total. The molecule has 0 unspecified atom stereocenters. The van der Waals surface area contributed by atoms with Gasteiger partial charge in [-0.25, -0.2) is 0 Å². The highest BCUT2D eigenvalue weighted by molar-refractivity contribution is 5.97. The molecule has 27 heavy (non-hydrogen) atoms. The Morgan fingerprint density at radius 1 is 1.19 bits per heavy atom. The number of alkyl halides is 2. The number of rotatable bonds is 7. The number of hydrogen-bond acceptors (Lipinski definition) is 4. The number of carbonyl (C=O) groups is 2. The van der Waals surface area contributed by atoms with Gasteiger partial charge in [-0.3, -0.25) is 14.5 Å². The maximum absolute atomic E-state index is 12.7. The molecule has 1 aliphatic heterocycles. The van der Waals surface area contributed by atoms with E-state index in [2.05, 4.69) is 10.1 Å². The number of benzene rings is 1. The van der Waals surface area contributed by atoms with E-state index in [1.807, 2.05) is 25.7 Å². The van der Waals surface area contributed by atoms with Gasteiger partial charge in [0.15, 0.2) is 0 Å². The Kier molecular flexibility index (Phi) is 7.12.